The third-order valence-corrected chi connectivity index (χ3v) is 2.99. The minimum Gasteiger partial charge on any atom is -0.496 e. The Morgan fingerprint density at radius 1 is 1.55 bits per heavy atom. The number of nitro benzene ring substituents is 1. The lowest BCUT2D eigenvalue weighted by atomic mass is 10.2. The second-order valence-corrected chi connectivity index (χ2v) is 4.36. The number of benzene rings is 1. The monoisotopic (exact) mass is 281 g/mol. The highest BCUT2D eigenvalue weighted by Crippen LogP contribution is 2.29. The molecular weight excluding hydrogens is 262 g/mol. The van der Waals surface area contributed by atoms with E-state index in [-0.39, 0.29) is 11.6 Å². The van der Waals surface area contributed by atoms with Gasteiger partial charge in [-0.1, -0.05) is 0 Å². The van der Waals surface area contributed by atoms with E-state index in [1.165, 1.54) is 19.2 Å². The van der Waals surface area contributed by atoms with Gasteiger partial charge in [0.25, 0.3) is 5.69 Å². The van der Waals surface area contributed by atoms with Crippen LogP contribution >= 0.6 is 0 Å². The van der Waals surface area contributed by atoms with Crippen LogP contribution in [0.1, 0.15) is 13.8 Å². The van der Waals surface area contributed by atoms with Crippen molar-refractivity contribution in [1.29, 1.82) is 0 Å². The number of rotatable bonds is 6. The van der Waals surface area contributed by atoms with E-state index >= 15 is 0 Å². The van der Waals surface area contributed by atoms with Gasteiger partial charge in [0.15, 0.2) is 0 Å². The molecule has 1 aromatic carbocycles. The Kier molecular flexibility index (Phi) is 5.31. The maximum absolute atomic E-state index is 12.0. The lowest BCUT2D eigenvalue weighted by Gasteiger charge is -2.21. The summed E-state index contributed by atoms with van der Waals surface area (Å²) in [7, 11) is 3.12. The second kappa shape index (κ2) is 6.74. The fourth-order valence-corrected chi connectivity index (χ4v) is 1.69. The van der Waals surface area contributed by atoms with E-state index in [1.807, 2.05) is 6.92 Å². The molecule has 0 saturated carbocycles. The number of hydrogen-bond acceptors (Lipinski definition) is 5. The van der Waals surface area contributed by atoms with Crippen molar-refractivity contribution >= 4 is 17.3 Å². The molecule has 0 aliphatic heterocycles. The van der Waals surface area contributed by atoms with Crippen molar-refractivity contribution in [2.45, 2.75) is 19.9 Å². The molecule has 1 N–H and O–H groups in total. The third kappa shape index (κ3) is 3.59. The lowest BCUT2D eigenvalue weighted by Crippen LogP contribution is -2.38. The Hall–Kier alpha value is -2.31. The quantitative estimate of drug-likeness (QED) is 0.635. The molecule has 0 heterocycles. The number of carbonyl (C=O) groups is 1. The van der Waals surface area contributed by atoms with Crippen LogP contribution < -0.4 is 10.1 Å². The molecule has 1 unspecified atom stereocenters. The first kappa shape index (κ1) is 15.7. The Bertz CT molecular complexity index is 504. The van der Waals surface area contributed by atoms with Crippen LogP contribution in [0.3, 0.4) is 0 Å². The highest BCUT2D eigenvalue weighted by molar-refractivity contribution is 5.85. The van der Waals surface area contributed by atoms with Gasteiger partial charge in [0.1, 0.15) is 17.5 Å². The highest BCUT2D eigenvalue weighted by Gasteiger charge is 2.21. The van der Waals surface area contributed by atoms with Gasteiger partial charge in [-0.2, -0.15) is 0 Å². The molecule has 110 valence electrons. The van der Waals surface area contributed by atoms with Gasteiger partial charge in [-0.25, -0.2) is 0 Å². The number of methoxy groups -OCH3 is 1. The van der Waals surface area contributed by atoms with E-state index in [0.717, 1.165) is 0 Å². The average Bonchev–Trinajstić information content (AvgIpc) is 2.45. The van der Waals surface area contributed by atoms with Gasteiger partial charge in [0, 0.05) is 13.6 Å². The minimum absolute atomic E-state index is 0.122. The molecule has 20 heavy (non-hydrogen) atoms. The summed E-state index contributed by atoms with van der Waals surface area (Å²) in [5.41, 5.74) is 0.171. The van der Waals surface area contributed by atoms with Crippen LogP contribution in [0.25, 0.3) is 0 Å². The third-order valence-electron chi connectivity index (χ3n) is 2.99. The lowest BCUT2D eigenvalue weighted by molar-refractivity contribution is -0.384. The summed E-state index contributed by atoms with van der Waals surface area (Å²) in [4.78, 5) is 24.0. The van der Waals surface area contributed by atoms with E-state index < -0.39 is 11.0 Å². The summed E-state index contributed by atoms with van der Waals surface area (Å²) >= 11 is 0. The number of nitro groups is 1. The molecule has 0 fully saturated rings. The minimum atomic E-state index is -0.549. The van der Waals surface area contributed by atoms with Crippen molar-refractivity contribution in [2.75, 3.05) is 26.0 Å². The predicted octanol–water partition coefficient (Wildman–Crippen LogP) is 1.88. The topological polar surface area (TPSA) is 84.7 Å². The normalized spacial score (nSPS) is 11.6. The van der Waals surface area contributed by atoms with Gasteiger partial charge in [0.05, 0.1) is 18.1 Å². The van der Waals surface area contributed by atoms with E-state index in [9.17, 15) is 14.9 Å². The molecule has 7 heteroatoms. The van der Waals surface area contributed by atoms with Crippen LogP contribution in [0.5, 0.6) is 5.75 Å². The number of hydrogen-bond donors (Lipinski definition) is 1. The highest BCUT2D eigenvalue weighted by atomic mass is 16.6. The Morgan fingerprint density at radius 2 is 2.20 bits per heavy atom. The maximum Gasteiger partial charge on any atom is 0.296 e. The predicted molar refractivity (Wildman–Crippen MR) is 76.0 cm³/mol. The number of nitrogens with one attached hydrogen (secondary N) is 1. The number of amides is 1. The van der Waals surface area contributed by atoms with E-state index in [0.29, 0.717) is 18.0 Å². The fraction of sp³-hybridized carbons (Fsp3) is 0.462. The molecule has 0 saturated heterocycles. The van der Waals surface area contributed by atoms with Gasteiger partial charge in [0.2, 0.25) is 5.91 Å². The van der Waals surface area contributed by atoms with Crippen LogP contribution in [-0.2, 0) is 4.79 Å². The first-order chi connectivity index (χ1) is 9.40. The molecule has 0 bridgehead atoms. The molecular formula is C13H19N3O4. The number of anilines is 1. The standard InChI is InChI=1S/C13H19N3O4/c1-5-15(3)13(17)9(2)14-11-7-6-10(20-4)8-12(11)16(18)19/h6-9,14H,5H2,1-4H3. The van der Waals surface area contributed by atoms with Crippen molar-refractivity contribution in [3.63, 3.8) is 0 Å². The van der Waals surface area contributed by atoms with Crippen molar-refractivity contribution in [1.82, 2.24) is 4.90 Å². The molecule has 0 aliphatic rings. The molecule has 1 amide bonds. The van der Waals surface area contributed by atoms with Crippen molar-refractivity contribution in [2.24, 2.45) is 0 Å². The molecule has 0 radical (unpaired) electrons. The summed E-state index contributed by atoms with van der Waals surface area (Å²) in [6, 6.07) is 3.92. The average molecular weight is 281 g/mol. The number of carbonyl (C=O) groups excluding carboxylic acids is 1. The molecule has 1 atom stereocenters. The number of ether oxygens (including phenoxy) is 1. The molecule has 1 rings (SSSR count). The smallest absolute Gasteiger partial charge is 0.296 e. The fourth-order valence-electron chi connectivity index (χ4n) is 1.69. The zero-order valence-electron chi connectivity index (χ0n) is 12.0. The van der Waals surface area contributed by atoms with Crippen molar-refractivity contribution in [3.05, 3.63) is 28.3 Å². The van der Waals surface area contributed by atoms with Gasteiger partial charge >= 0.3 is 0 Å². The molecule has 1 aromatic rings. The van der Waals surface area contributed by atoms with Gasteiger partial charge in [-0.3, -0.25) is 14.9 Å². The zero-order valence-corrected chi connectivity index (χ0v) is 12.0. The second-order valence-electron chi connectivity index (χ2n) is 4.36. The zero-order chi connectivity index (χ0) is 15.3. The number of nitrogens with zero attached hydrogens (tertiary/aromatic N) is 2. The first-order valence-electron chi connectivity index (χ1n) is 6.24. The molecule has 7 nitrogen and oxygen atoms in total. The van der Waals surface area contributed by atoms with E-state index in [2.05, 4.69) is 5.32 Å². The summed E-state index contributed by atoms with van der Waals surface area (Å²) in [5.74, 6) is 0.268. The van der Waals surface area contributed by atoms with Crippen LogP contribution in [0.15, 0.2) is 18.2 Å². The SMILES string of the molecule is CCN(C)C(=O)C(C)Nc1ccc(OC)cc1[N+](=O)[O-]. The summed E-state index contributed by atoms with van der Waals surface area (Å²) < 4.78 is 4.96. The van der Waals surface area contributed by atoms with Crippen LogP contribution in [-0.4, -0.2) is 42.5 Å². The molecule has 0 aliphatic carbocycles. The van der Waals surface area contributed by atoms with Crippen LogP contribution in [0, 0.1) is 10.1 Å². The summed E-state index contributed by atoms with van der Waals surface area (Å²) in [6.07, 6.45) is 0. The largest absolute Gasteiger partial charge is 0.496 e. The number of likely N-dealkylation sites (N-methyl/N-ethyl adjacent to an activating group) is 1. The maximum atomic E-state index is 12.0. The van der Waals surface area contributed by atoms with Gasteiger partial charge in [-0.05, 0) is 26.0 Å². The van der Waals surface area contributed by atoms with E-state index in [4.69, 9.17) is 4.74 Å². The Balaban J connectivity index is 2.97. The summed E-state index contributed by atoms with van der Waals surface area (Å²) in [6.45, 7) is 4.11. The van der Waals surface area contributed by atoms with Crippen LogP contribution in [0.4, 0.5) is 11.4 Å². The molecule has 0 aromatic heterocycles. The van der Waals surface area contributed by atoms with Gasteiger partial charge < -0.3 is 15.0 Å². The van der Waals surface area contributed by atoms with E-state index in [1.54, 1.807) is 24.9 Å². The van der Waals surface area contributed by atoms with Gasteiger partial charge in [-0.15, -0.1) is 0 Å². The Labute approximate surface area is 117 Å². The molecule has 0 spiro atoms. The first-order valence-corrected chi connectivity index (χ1v) is 6.24. The summed E-state index contributed by atoms with van der Waals surface area (Å²) in [5, 5.41) is 13.9. The van der Waals surface area contributed by atoms with Crippen molar-refractivity contribution in [3.8, 4) is 5.75 Å². The van der Waals surface area contributed by atoms with Crippen LogP contribution in [0.2, 0.25) is 0 Å². The Morgan fingerprint density at radius 3 is 2.70 bits per heavy atom. The van der Waals surface area contributed by atoms with Crippen molar-refractivity contribution < 1.29 is 14.5 Å².